The van der Waals surface area contributed by atoms with Crippen LogP contribution in [0.4, 0.5) is 0 Å². The molecule has 1 atom stereocenters. The second-order valence-corrected chi connectivity index (χ2v) is 5.50. The zero-order valence-corrected chi connectivity index (χ0v) is 11.5. The molecule has 0 aromatic heterocycles. The third-order valence-electron chi connectivity index (χ3n) is 4.19. The molecule has 1 aliphatic heterocycles. The van der Waals surface area contributed by atoms with Gasteiger partial charge in [0.25, 0.3) is 0 Å². The van der Waals surface area contributed by atoms with Crippen LogP contribution in [0.25, 0.3) is 0 Å². The first kappa shape index (κ1) is 12.4. The fraction of sp³-hybridized carbons (Fsp3) is 0.333. The van der Waals surface area contributed by atoms with Gasteiger partial charge in [-0.05, 0) is 43.1 Å². The zero-order valence-electron chi connectivity index (χ0n) is 11.5. The van der Waals surface area contributed by atoms with E-state index in [0.29, 0.717) is 5.92 Å². The average molecular weight is 251 g/mol. The minimum absolute atomic E-state index is 0.542. The summed E-state index contributed by atoms with van der Waals surface area (Å²) < 4.78 is 0. The fourth-order valence-corrected chi connectivity index (χ4v) is 3.06. The quantitative estimate of drug-likeness (QED) is 0.747. The molecule has 0 saturated heterocycles. The predicted molar refractivity (Wildman–Crippen MR) is 80.5 cm³/mol. The molecule has 0 bridgehead atoms. The van der Waals surface area contributed by atoms with Gasteiger partial charge in [-0.2, -0.15) is 0 Å². The van der Waals surface area contributed by atoms with E-state index in [4.69, 9.17) is 0 Å². The van der Waals surface area contributed by atoms with Crippen molar-refractivity contribution < 1.29 is 0 Å². The number of rotatable bonds is 1. The van der Waals surface area contributed by atoms with Gasteiger partial charge in [-0.25, -0.2) is 0 Å². The lowest BCUT2D eigenvalue weighted by Gasteiger charge is -2.28. The van der Waals surface area contributed by atoms with Crippen molar-refractivity contribution in [2.24, 2.45) is 0 Å². The summed E-state index contributed by atoms with van der Waals surface area (Å²) >= 11 is 0. The predicted octanol–water partition coefficient (Wildman–Crippen LogP) is 3.70. The van der Waals surface area contributed by atoms with Gasteiger partial charge in [-0.1, -0.05) is 54.6 Å². The Bertz CT molecular complexity index is 532. The van der Waals surface area contributed by atoms with Crippen molar-refractivity contribution in [2.45, 2.75) is 18.8 Å². The van der Waals surface area contributed by atoms with Crippen LogP contribution in [0, 0.1) is 0 Å². The normalized spacial score (nSPS) is 20.4. The highest BCUT2D eigenvalue weighted by molar-refractivity contribution is 5.38. The van der Waals surface area contributed by atoms with E-state index in [-0.39, 0.29) is 0 Å². The second-order valence-electron chi connectivity index (χ2n) is 5.50. The van der Waals surface area contributed by atoms with E-state index in [1.54, 1.807) is 0 Å². The van der Waals surface area contributed by atoms with Crippen molar-refractivity contribution >= 4 is 0 Å². The van der Waals surface area contributed by atoms with Crippen LogP contribution in [0.15, 0.2) is 54.6 Å². The first-order valence-electron chi connectivity index (χ1n) is 7.16. The summed E-state index contributed by atoms with van der Waals surface area (Å²) in [7, 11) is 2.23. The molecule has 98 valence electrons. The van der Waals surface area contributed by atoms with Crippen molar-refractivity contribution in [1.29, 1.82) is 0 Å². The molecule has 1 heterocycles. The number of hydrogen-bond acceptors (Lipinski definition) is 1. The van der Waals surface area contributed by atoms with Gasteiger partial charge >= 0.3 is 0 Å². The van der Waals surface area contributed by atoms with Gasteiger partial charge in [0, 0.05) is 12.5 Å². The van der Waals surface area contributed by atoms with Crippen LogP contribution < -0.4 is 0 Å². The van der Waals surface area contributed by atoms with Gasteiger partial charge in [0.2, 0.25) is 0 Å². The molecule has 0 spiro atoms. The van der Waals surface area contributed by atoms with Crippen LogP contribution in [0.3, 0.4) is 0 Å². The minimum Gasteiger partial charge on any atom is -0.306 e. The molecule has 19 heavy (non-hydrogen) atoms. The van der Waals surface area contributed by atoms with E-state index in [2.05, 4.69) is 66.5 Å². The number of nitrogens with zero attached hydrogens (tertiary/aromatic N) is 1. The lowest BCUT2D eigenvalue weighted by Crippen LogP contribution is -2.27. The zero-order chi connectivity index (χ0) is 13.1. The van der Waals surface area contributed by atoms with Crippen LogP contribution in [0.5, 0.6) is 0 Å². The molecule has 0 fully saturated rings. The number of benzene rings is 2. The van der Waals surface area contributed by atoms with Crippen molar-refractivity contribution in [3.8, 4) is 0 Å². The van der Waals surface area contributed by atoms with Gasteiger partial charge in [0.05, 0.1) is 0 Å². The second kappa shape index (κ2) is 5.58. The summed E-state index contributed by atoms with van der Waals surface area (Å²) in [6.07, 6.45) is 2.37. The minimum atomic E-state index is 0.542. The molecule has 1 nitrogen and oxygen atoms in total. The van der Waals surface area contributed by atoms with E-state index >= 15 is 0 Å². The van der Waals surface area contributed by atoms with E-state index in [1.165, 1.54) is 36.2 Å². The van der Waals surface area contributed by atoms with Crippen molar-refractivity contribution in [3.05, 3.63) is 71.3 Å². The maximum Gasteiger partial charge on any atom is 0.0104 e. The summed E-state index contributed by atoms with van der Waals surface area (Å²) in [6.45, 7) is 2.34. The van der Waals surface area contributed by atoms with E-state index in [1.807, 2.05) is 0 Å². The topological polar surface area (TPSA) is 3.24 Å². The van der Waals surface area contributed by atoms with Crippen molar-refractivity contribution in [3.63, 3.8) is 0 Å². The highest BCUT2D eigenvalue weighted by Crippen LogP contribution is 2.32. The van der Waals surface area contributed by atoms with E-state index in [0.717, 1.165) is 6.42 Å². The number of likely N-dealkylation sites (N-methyl/N-ethyl adjacent to an activating group) is 1. The summed E-state index contributed by atoms with van der Waals surface area (Å²) in [5, 5.41) is 0. The summed E-state index contributed by atoms with van der Waals surface area (Å²) in [5.74, 6) is 0.542. The van der Waals surface area contributed by atoms with Gasteiger partial charge in [0.1, 0.15) is 0 Å². The first-order valence-corrected chi connectivity index (χ1v) is 7.16. The molecule has 1 heteroatoms. The Balaban J connectivity index is 2.03. The molecule has 0 amide bonds. The van der Waals surface area contributed by atoms with E-state index < -0.39 is 0 Å². The van der Waals surface area contributed by atoms with Crippen LogP contribution >= 0.6 is 0 Å². The standard InChI is InChI=1S/C18H21N/c1-19-13-11-16-9-5-6-10-17(16)18(12-14-19)15-7-3-2-4-8-15/h2-10,18H,11-14H2,1H3. The number of hydrogen-bond donors (Lipinski definition) is 0. The molecule has 3 rings (SSSR count). The fourth-order valence-electron chi connectivity index (χ4n) is 3.06. The Hall–Kier alpha value is -1.60. The first-order chi connectivity index (χ1) is 9.34. The third kappa shape index (κ3) is 2.71. The molecule has 0 aliphatic carbocycles. The van der Waals surface area contributed by atoms with Gasteiger partial charge in [-0.3, -0.25) is 0 Å². The Kier molecular flexibility index (Phi) is 3.65. The number of fused-ring (bicyclic) bond motifs is 1. The van der Waals surface area contributed by atoms with Gasteiger partial charge < -0.3 is 4.90 Å². The van der Waals surface area contributed by atoms with Gasteiger partial charge in [-0.15, -0.1) is 0 Å². The molecule has 1 aliphatic rings. The molecule has 0 saturated carbocycles. The summed E-state index contributed by atoms with van der Waals surface area (Å²) in [4.78, 5) is 2.45. The lowest BCUT2D eigenvalue weighted by molar-refractivity contribution is 0.320. The Labute approximate surface area is 115 Å². The Morgan fingerprint density at radius 1 is 0.895 bits per heavy atom. The van der Waals surface area contributed by atoms with Crippen LogP contribution in [0.1, 0.15) is 29.0 Å². The molecule has 2 aromatic rings. The van der Waals surface area contributed by atoms with Gasteiger partial charge in [0.15, 0.2) is 0 Å². The monoisotopic (exact) mass is 251 g/mol. The average Bonchev–Trinajstić information content (AvgIpc) is 2.45. The Morgan fingerprint density at radius 2 is 1.63 bits per heavy atom. The highest BCUT2D eigenvalue weighted by atomic mass is 15.1. The molecule has 1 unspecified atom stereocenters. The largest absolute Gasteiger partial charge is 0.306 e. The maximum absolute atomic E-state index is 2.45. The van der Waals surface area contributed by atoms with Crippen LogP contribution in [-0.2, 0) is 6.42 Å². The van der Waals surface area contributed by atoms with E-state index in [9.17, 15) is 0 Å². The molecule has 0 N–H and O–H groups in total. The van der Waals surface area contributed by atoms with Crippen molar-refractivity contribution in [1.82, 2.24) is 4.90 Å². The third-order valence-corrected chi connectivity index (χ3v) is 4.19. The summed E-state index contributed by atoms with van der Waals surface area (Å²) in [5.41, 5.74) is 4.50. The SMILES string of the molecule is CN1CCc2ccccc2C(c2ccccc2)CC1. The maximum atomic E-state index is 2.45. The molecule has 2 aromatic carbocycles. The molecule has 0 radical (unpaired) electrons. The van der Waals surface area contributed by atoms with Crippen LogP contribution in [-0.4, -0.2) is 25.0 Å². The smallest absolute Gasteiger partial charge is 0.0104 e. The summed E-state index contributed by atoms with van der Waals surface area (Å²) in [6, 6.07) is 19.9. The molecular formula is C18H21N. The highest BCUT2D eigenvalue weighted by Gasteiger charge is 2.20. The van der Waals surface area contributed by atoms with Crippen LogP contribution in [0.2, 0.25) is 0 Å². The molecular weight excluding hydrogens is 230 g/mol. The Morgan fingerprint density at radius 3 is 2.47 bits per heavy atom. The lowest BCUT2D eigenvalue weighted by atomic mass is 9.84. The van der Waals surface area contributed by atoms with Crippen molar-refractivity contribution in [2.75, 3.05) is 20.1 Å².